The lowest BCUT2D eigenvalue weighted by Crippen LogP contribution is -2.49. The van der Waals surface area contributed by atoms with Gasteiger partial charge in [0.2, 0.25) is 5.91 Å². The monoisotopic (exact) mass is 323 g/mol. The van der Waals surface area contributed by atoms with Crippen LogP contribution in [0.4, 0.5) is 0 Å². The normalized spacial score (nSPS) is 32.7. The number of nitrogens with zero attached hydrogens (tertiary/aromatic N) is 3. The molecule has 1 aliphatic carbocycles. The maximum atomic E-state index is 12.4. The van der Waals surface area contributed by atoms with Gasteiger partial charge in [0.1, 0.15) is 6.04 Å². The van der Waals surface area contributed by atoms with Crippen molar-refractivity contribution >= 4 is 11.9 Å². The second-order valence-corrected chi connectivity index (χ2v) is 7.37. The van der Waals surface area contributed by atoms with Crippen LogP contribution in [0.2, 0.25) is 0 Å². The van der Waals surface area contributed by atoms with Gasteiger partial charge in [-0.25, -0.2) is 0 Å². The molecule has 1 saturated carbocycles. The van der Waals surface area contributed by atoms with Crippen molar-refractivity contribution in [1.82, 2.24) is 14.7 Å². The number of hydrogen-bond acceptors (Lipinski definition) is 4. The average Bonchev–Trinajstić information content (AvgIpc) is 2.92. The molecule has 23 heavy (non-hydrogen) atoms. The van der Waals surface area contributed by atoms with E-state index in [1.807, 2.05) is 4.90 Å². The van der Waals surface area contributed by atoms with Crippen LogP contribution in [0.1, 0.15) is 38.5 Å². The summed E-state index contributed by atoms with van der Waals surface area (Å²) in [5.74, 6) is -0.0171. The molecule has 3 rings (SSSR count). The van der Waals surface area contributed by atoms with Gasteiger partial charge in [0.15, 0.2) is 0 Å². The van der Waals surface area contributed by atoms with Gasteiger partial charge in [-0.3, -0.25) is 14.5 Å². The Balaban J connectivity index is 1.56. The van der Waals surface area contributed by atoms with Crippen LogP contribution in [0.3, 0.4) is 0 Å². The Labute approximate surface area is 138 Å². The molecular weight excluding hydrogens is 294 g/mol. The Hall–Kier alpha value is -1.14. The van der Waals surface area contributed by atoms with E-state index in [1.165, 1.54) is 12.8 Å². The van der Waals surface area contributed by atoms with Crippen molar-refractivity contribution in [2.75, 3.05) is 39.8 Å². The van der Waals surface area contributed by atoms with E-state index in [4.69, 9.17) is 0 Å². The van der Waals surface area contributed by atoms with Crippen molar-refractivity contribution in [2.45, 2.75) is 50.6 Å². The molecular formula is C17H29N3O3. The van der Waals surface area contributed by atoms with Crippen molar-refractivity contribution in [3.63, 3.8) is 0 Å². The lowest BCUT2D eigenvalue weighted by molar-refractivity contribution is -0.143. The molecule has 2 saturated heterocycles. The Kier molecular flexibility index (Phi) is 5.21. The molecule has 0 bridgehead atoms. The summed E-state index contributed by atoms with van der Waals surface area (Å²) in [6.45, 7) is 4.05. The van der Waals surface area contributed by atoms with E-state index in [0.29, 0.717) is 24.9 Å². The second-order valence-electron chi connectivity index (χ2n) is 7.37. The van der Waals surface area contributed by atoms with Gasteiger partial charge in [-0.15, -0.1) is 0 Å². The maximum Gasteiger partial charge on any atom is 0.320 e. The highest BCUT2D eigenvalue weighted by Crippen LogP contribution is 2.39. The molecule has 2 aliphatic heterocycles. The number of likely N-dealkylation sites (tertiary alicyclic amines) is 1. The van der Waals surface area contributed by atoms with Crippen LogP contribution in [0, 0.1) is 5.92 Å². The zero-order valence-corrected chi connectivity index (χ0v) is 14.1. The van der Waals surface area contributed by atoms with Crippen LogP contribution in [0.25, 0.3) is 0 Å². The Morgan fingerprint density at radius 3 is 2.48 bits per heavy atom. The average molecular weight is 323 g/mol. The van der Waals surface area contributed by atoms with Gasteiger partial charge in [0, 0.05) is 45.2 Å². The number of carboxylic acid groups (broad SMARTS) is 1. The minimum Gasteiger partial charge on any atom is -0.480 e. The molecule has 0 aromatic rings. The SMILES string of the molecule is CN1CCN(C(=O)CCN2C(C(=O)O)CC3CCCCC32)CC1. The van der Waals surface area contributed by atoms with Crippen LogP contribution in [-0.2, 0) is 9.59 Å². The lowest BCUT2D eigenvalue weighted by Gasteiger charge is -2.35. The summed E-state index contributed by atoms with van der Waals surface area (Å²) in [4.78, 5) is 30.3. The zero-order chi connectivity index (χ0) is 16.4. The van der Waals surface area contributed by atoms with Gasteiger partial charge >= 0.3 is 5.97 Å². The summed E-state index contributed by atoms with van der Waals surface area (Å²) in [5.41, 5.74) is 0. The van der Waals surface area contributed by atoms with Gasteiger partial charge in [0.25, 0.3) is 0 Å². The highest BCUT2D eigenvalue weighted by molar-refractivity contribution is 5.77. The summed E-state index contributed by atoms with van der Waals surface area (Å²) in [7, 11) is 2.08. The Morgan fingerprint density at radius 2 is 1.78 bits per heavy atom. The first-order valence-corrected chi connectivity index (χ1v) is 9.01. The second kappa shape index (κ2) is 7.18. The van der Waals surface area contributed by atoms with E-state index < -0.39 is 5.97 Å². The largest absolute Gasteiger partial charge is 0.480 e. The van der Waals surface area contributed by atoms with E-state index in [0.717, 1.165) is 45.4 Å². The zero-order valence-electron chi connectivity index (χ0n) is 14.1. The van der Waals surface area contributed by atoms with Crippen molar-refractivity contribution in [3.8, 4) is 0 Å². The molecule has 130 valence electrons. The predicted octanol–water partition coefficient (Wildman–Crippen LogP) is 0.868. The smallest absolute Gasteiger partial charge is 0.320 e. The van der Waals surface area contributed by atoms with Crippen molar-refractivity contribution < 1.29 is 14.7 Å². The number of carbonyl (C=O) groups is 2. The van der Waals surface area contributed by atoms with E-state index in [9.17, 15) is 14.7 Å². The fourth-order valence-corrected chi connectivity index (χ4v) is 4.56. The third-order valence-electron chi connectivity index (χ3n) is 5.95. The third-order valence-corrected chi connectivity index (χ3v) is 5.95. The Bertz CT molecular complexity index is 448. The molecule has 3 fully saturated rings. The lowest BCUT2D eigenvalue weighted by atomic mass is 9.85. The fraction of sp³-hybridized carbons (Fsp3) is 0.882. The summed E-state index contributed by atoms with van der Waals surface area (Å²) in [5, 5.41) is 9.53. The van der Waals surface area contributed by atoms with E-state index >= 15 is 0 Å². The number of piperazine rings is 1. The van der Waals surface area contributed by atoms with Crippen LogP contribution in [-0.4, -0.2) is 83.5 Å². The molecule has 1 amide bonds. The number of aliphatic carboxylic acids is 1. The van der Waals surface area contributed by atoms with Crippen molar-refractivity contribution in [1.29, 1.82) is 0 Å². The number of amides is 1. The summed E-state index contributed by atoms with van der Waals surface area (Å²) < 4.78 is 0. The maximum absolute atomic E-state index is 12.4. The molecule has 3 atom stereocenters. The van der Waals surface area contributed by atoms with Crippen molar-refractivity contribution in [2.24, 2.45) is 5.92 Å². The summed E-state index contributed by atoms with van der Waals surface area (Å²) in [6, 6.07) is -0.00599. The van der Waals surface area contributed by atoms with Crippen LogP contribution in [0.15, 0.2) is 0 Å². The number of carbonyl (C=O) groups excluding carboxylic acids is 1. The van der Waals surface area contributed by atoms with E-state index in [-0.39, 0.29) is 11.9 Å². The molecule has 6 nitrogen and oxygen atoms in total. The van der Waals surface area contributed by atoms with Gasteiger partial charge in [0.05, 0.1) is 0 Å². The molecule has 6 heteroatoms. The summed E-state index contributed by atoms with van der Waals surface area (Å²) >= 11 is 0. The third kappa shape index (κ3) is 3.69. The highest BCUT2D eigenvalue weighted by Gasteiger charge is 2.45. The molecule has 0 aromatic heterocycles. The number of likely N-dealkylation sites (N-methyl/N-ethyl adjacent to an activating group) is 1. The fourth-order valence-electron chi connectivity index (χ4n) is 4.56. The standard InChI is InChI=1S/C17H29N3O3/c1-18-8-10-19(11-9-18)16(21)6-7-20-14-5-3-2-4-13(14)12-15(20)17(22)23/h13-15H,2-12H2,1H3,(H,22,23). The number of fused-ring (bicyclic) bond motifs is 1. The molecule has 3 aliphatic rings. The molecule has 0 radical (unpaired) electrons. The highest BCUT2D eigenvalue weighted by atomic mass is 16.4. The van der Waals surface area contributed by atoms with Gasteiger partial charge in [-0.1, -0.05) is 12.8 Å². The molecule has 0 spiro atoms. The molecule has 2 heterocycles. The predicted molar refractivity (Wildman–Crippen MR) is 87.2 cm³/mol. The van der Waals surface area contributed by atoms with Crippen LogP contribution >= 0.6 is 0 Å². The quantitative estimate of drug-likeness (QED) is 0.832. The first-order valence-electron chi connectivity index (χ1n) is 9.01. The minimum absolute atomic E-state index is 0.182. The first kappa shape index (κ1) is 16.7. The van der Waals surface area contributed by atoms with Crippen molar-refractivity contribution in [3.05, 3.63) is 0 Å². The molecule has 0 aromatic carbocycles. The first-order chi connectivity index (χ1) is 11.1. The topological polar surface area (TPSA) is 64.1 Å². The molecule has 1 N–H and O–H groups in total. The Morgan fingerprint density at radius 1 is 1.09 bits per heavy atom. The summed E-state index contributed by atoms with van der Waals surface area (Å²) in [6.07, 6.45) is 5.88. The number of rotatable bonds is 4. The molecule has 3 unspecified atom stereocenters. The van der Waals surface area contributed by atoms with Gasteiger partial charge in [-0.05, 0) is 32.2 Å². The number of hydrogen-bond donors (Lipinski definition) is 1. The number of carboxylic acids is 1. The van der Waals surface area contributed by atoms with Gasteiger partial charge in [-0.2, -0.15) is 0 Å². The van der Waals surface area contributed by atoms with Crippen LogP contribution in [0.5, 0.6) is 0 Å². The van der Waals surface area contributed by atoms with Crippen LogP contribution < -0.4 is 0 Å². The van der Waals surface area contributed by atoms with E-state index in [1.54, 1.807) is 0 Å². The minimum atomic E-state index is -0.716. The van der Waals surface area contributed by atoms with E-state index in [2.05, 4.69) is 16.8 Å². The van der Waals surface area contributed by atoms with Gasteiger partial charge < -0.3 is 14.9 Å².